The van der Waals surface area contributed by atoms with Crippen LogP contribution in [0.3, 0.4) is 0 Å². The summed E-state index contributed by atoms with van der Waals surface area (Å²) in [4.78, 5) is 16.7. The van der Waals surface area contributed by atoms with E-state index < -0.39 is 0 Å². The van der Waals surface area contributed by atoms with Crippen LogP contribution >= 0.6 is 0 Å². The lowest BCUT2D eigenvalue weighted by Crippen LogP contribution is -2.47. The predicted octanol–water partition coefficient (Wildman–Crippen LogP) is 1.84. The quantitative estimate of drug-likeness (QED) is 0.926. The highest BCUT2D eigenvalue weighted by molar-refractivity contribution is 5.78. The van der Waals surface area contributed by atoms with E-state index in [0.29, 0.717) is 6.54 Å². The summed E-state index contributed by atoms with van der Waals surface area (Å²) in [5.41, 5.74) is 2.48. The maximum Gasteiger partial charge on any atom is 0.236 e. The zero-order valence-electron chi connectivity index (χ0n) is 13.4. The number of aliphatic hydroxyl groups excluding tert-OH is 1. The highest BCUT2D eigenvalue weighted by Crippen LogP contribution is 2.29. The highest BCUT2D eigenvalue weighted by atomic mass is 16.3. The Morgan fingerprint density at radius 2 is 1.95 bits per heavy atom. The van der Waals surface area contributed by atoms with Gasteiger partial charge in [0, 0.05) is 19.6 Å². The lowest BCUT2D eigenvalue weighted by molar-refractivity contribution is -0.134. The summed E-state index contributed by atoms with van der Waals surface area (Å²) in [7, 11) is 0. The molecule has 120 valence electrons. The summed E-state index contributed by atoms with van der Waals surface area (Å²) in [5.74, 6) is 0.945. The van der Waals surface area contributed by atoms with E-state index >= 15 is 0 Å². The van der Waals surface area contributed by atoms with Gasteiger partial charge in [-0.3, -0.25) is 9.69 Å². The van der Waals surface area contributed by atoms with Gasteiger partial charge in [-0.2, -0.15) is 0 Å². The molecular weight excluding hydrogens is 276 g/mol. The molecular formula is C18H26N2O2. The van der Waals surface area contributed by atoms with Gasteiger partial charge in [0.1, 0.15) is 0 Å². The van der Waals surface area contributed by atoms with Crippen LogP contribution in [0.15, 0.2) is 24.3 Å². The molecule has 0 radical (unpaired) electrons. The summed E-state index contributed by atoms with van der Waals surface area (Å²) >= 11 is 0. The molecule has 1 N–H and O–H groups in total. The van der Waals surface area contributed by atoms with Crippen LogP contribution in [0.2, 0.25) is 0 Å². The maximum absolute atomic E-state index is 12.5. The van der Waals surface area contributed by atoms with Crippen LogP contribution in [0.1, 0.15) is 36.9 Å². The molecule has 1 atom stereocenters. The Kier molecular flexibility index (Phi) is 4.79. The van der Waals surface area contributed by atoms with Crippen molar-refractivity contribution in [3.05, 3.63) is 35.4 Å². The van der Waals surface area contributed by atoms with Gasteiger partial charge < -0.3 is 10.0 Å². The van der Waals surface area contributed by atoms with E-state index in [4.69, 9.17) is 0 Å². The van der Waals surface area contributed by atoms with E-state index in [2.05, 4.69) is 24.0 Å². The average molecular weight is 302 g/mol. The van der Waals surface area contributed by atoms with Gasteiger partial charge >= 0.3 is 0 Å². The van der Waals surface area contributed by atoms with Crippen molar-refractivity contribution in [2.75, 3.05) is 32.8 Å². The molecule has 1 aromatic carbocycles. The monoisotopic (exact) mass is 302 g/mol. The van der Waals surface area contributed by atoms with Crippen molar-refractivity contribution in [1.29, 1.82) is 0 Å². The third kappa shape index (κ3) is 3.18. The number of hydrogen-bond donors (Lipinski definition) is 1. The third-order valence-electron chi connectivity index (χ3n) is 5.17. The molecule has 3 rings (SSSR count). The second-order valence-electron chi connectivity index (χ2n) is 6.68. The van der Waals surface area contributed by atoms with Crippen LogP contribution in [0.5, 0.6) is 0 Å². The molecule has 1 unspecified atom stereocenters. The Bertz CT molecular complexity index is 524. The summed E-state index contributed by atoms with van der Waals surface area (Å²) in [6, 6.07) is 8.22. The molecule has 4 heteroatoms. The second kappa shape index (κ2) is 6.80. The first-order valence-corrected chi connectivity index (χ1v) is 8.39. The molecule has 1 amide bonds. The number of rotatable bonds is 3. The number of piperidine rings is 1. The number of carbonyl (C=O) groups excluding carboxylic acids is 1. The second-order valence-corrected chi connectivity index (χ2v) is 6.68. The van der Waals surface area contributed by atoms with Gasteiger partial charge in [0.25, 0.3) is 0 Å². The van der Waals surface area contributed by atoms with Crippen LogP contribution in [0.4, 0.5) is 0 Å². The predicted molar refractivity (Wildman–Crippen MR) is 86.5 cm³/mol. The van der Waals surface area contributed by atoms with Crippen molar-refractivity contribution in [2.45, 2.75) is 32.2 Å². The van der Waals surface area contributed by atoms with Crippen LogP contribution in [-0.2, 0) is 11.2 Å². The third-order valence-corrected chi connectivity index (χ3v) is 5.17. The van der Waals surface area contributed by atoms with Crippen molar-refractivity contribution in [1.82, 2.24) is 9.80 Å². The van der Waals surface area contributed by atoms with Crippen molar-refractivity contribution in [2.24, 2.45) is 5.92 Å². The van der Waals surface area contributed by atoms with Gasteiger partial charge in [0.05, 0.1) is 19.2 Å². The Labute approximate surface area is 132 Å². The fraction of sp³-hybridized carbons (Fsp3) is 0.611. The van der Waals surface area contributed by atoms with Gasteiger partial charge in [-0.25, -0.2) is 0 Å². The number of nitrogens with zero attached hydrogens (tertiary/aromatic N) is 2. The molecule has 0 spiro atoms. The van der Waals surface area contributed by atoms with Gasteiger partial charge in [-0.1, -0.05) is 31.2 Å². The Hall–Kier alpha value is -1.39. The van der Waals surface area contributed by atoms with E-state index in [0.717, 1.165) is 44.8 Å². The first-order chi connectivity index (χ1) is 10.7. The Balaban J connectivity index is 1.66. The molecule has 2 aliphatic rings. The zero-order valence-corrected chi connectivity index (χ0v) is 13.4. The fourth-order valence-corrected chi connectivity index (χ4v) is 3.64. The van der Waals surface area contributed by atoms with E-state index in [1.165, 1.54) is 11.1 Å². The number of amides is 1. The minimum absolute atomic E-state index is 0.0439. The first kappa shape index (κ1) is 15.5. The van der Waals surface area contributed by atoms with Gasteiger partial charge in [-0.05, 0) is 36.3 Å². The molecule has 1 aromatic rings. The summed E-state index contributed by atoms with van der Waals surface area (Å²) in [6.07, 6.45) is 3.17. The standard InChI is InChI=1S/C18H26N2O2/c1-14-6-9-19(10-7-14)18(22)12-20-11-8-15-4-2-3-5-16(15)17(20)13-21/h2-5,14,17,21H,6-13H2,1H3. The van der Waals surface area contributed by atoms with Crippen LogP contribution in [0.25, 0.3) is 0 Å². The number of hydrogen-bond acceptors (Lipinski definition) is 3. The molecule has 0 bridgehead atoms. The number of carbonyl (C=O) groups is 1. The van der Waals surface area contributed by atoms with Crippen LogP contribution in [-0.4, -0.2) is 53.6 Å². The highest BCUT2D eigenvalue weighted by Gasteiger charge is 2.30. The number of fused-ring (bicyclic) bond motifs is 1. The molecule has 0 aromatic heterocycles. The summed E-state index contributed by atoms with van der Waals surface area (Å²) < 4.78 is 0. The van der Waals surface area contributed by atoms with Gasteiger partial charge in [0.2, 0.25) is 5.91 Å². The van der Waals surface area contributed by atoms with Crippen LogP contribution < -0.4 is 0 Å². The molecule has 1 fully saturated rings. The van der Waals surface area contributed by atoms with Gasteiger partial charge in [0.15, 0.2) is 0 Å². The van der Waals surface area contributed by atoms with E-state index in [9.17, 15) is 9.90 Å². The van der Waals surface area contributed by atoms with Crippen molar-refractivity contribution < 1.29 is 9.90 Å². The van der Waals surface area contributed by atoms with Crippen molar-refractivity contribution >= 4 is 5.91 Å². The smallest absolute Gasteiger partial charge is 0.236 e. The largest absolute Gasteiger partial charge is 0.394 e. The zero-order chi connectivity index (χ0) is 15.5. The number of benzene rings is 1. The number of likely N-dealkylation sites (tertiary alicyclic amines) is 1. The fourth-order valence-electron chi connectivity index (χ4n) is 3.64. The van der Waals surface area contributed by atoms with Crippen molar-refractivity contribution in [3.8, 4) is 0 Å². The summed E-state index contributed by atoms with van der Waals surface area (Å²) in [6.45, 7) is 5.36. The molecule has 0 saturated carbocycles. The molecule has 2 heterocycles. The maximum atomic E-state index is 12.5. The lowest BCUT2D eigenvalue weighted by atomic mass is 9.93. The molecule has 2 aliphatic heterocycles. The van der Waals surface area contributed by atoms with E-state index in [1.807, 2.05) is 17.0 Å². The molecule has 0 aliphatic carbocycles. The molecule has 22 heavy (non-hydrogen) atoms. The lowest BCUT2D eigenvalue weighted by Gasteiger charge is -2.38. The average Bonchev–Trinajstić information content (AvgIpc) is 2.55. The Morgan fingerprint density at radius 1 is 1.23 bits per heavy atom. The minimum atomic E-state index is -0.0439. The van der Waals surface area contributed by atoms with E-state index in [-0.39, 0.29) is 18.6 Å². The van der Waals surface area contributed by atoms with Crippen LogP contribution in [0, 0.1) is 5.92 Å². The normalized spacial score (nSPS) is 23.4. The van der Waals surface area contributed by atoms with Crippen molar-refractivity contribution in [3.63, 3.8) is 0 Å². The van der Waals surface area contributed by atoms with Gasteiger partial charge in [-0.15, -0.1) is 0 Å². The van der Waals surface area contributed by atoms with E-state index in [1.54, 1.807) is 0 Å². The SMILES string of the molecule is CC1CCN(C(=O)CN2CCc3ccccc3C2CO)CC1. The number of aliphatic hydroxyl groups is 1. The Morgan fingerprint density at radius 3 is 2.68 bits per heavy atom. The summed E-state index contributed by atoms with van der Waals surface area (Å²) in [5, 5.41) is 9.80. The minimum Gasteiger partial charge on any atom is -0.394 e. The molecule has 4 nitrogen and oxygen atoms in total. The first-order valence-electron chi connectivity index (χ1n) is 8.39. The molecule has 1 saturated heterocycles. The topological polar surface area (TPSA) is 43.8 Å².